The van der Waals surface area contributed by atoms with Gasteiger partial charge in [-0.1, -0.05) is 43.3 Å². The first-order valence-corrected chi connectivity index (χ1v) is 12.9. The minimum Gasteiger partial charge on any atom is -0.358 e. The highest BCUT2D eigenvalue weighted by molar-refractivity contribution is 6.35. The molecule has 0 unspecified atom stereocenters. The molecule has 6 heteroatoms. The first-order valence-electron chi connectivity index (χ1n) is 12.9. The molecule has 2 aliphatic heterocycles. The molecule has 36 heavy (non-hydrogen) atoms. The Morgan fingerprint density at radius 3 is 2.50 bits per heavy atom. The molecule has 2 aliphatic rings. The standard InChI is InChI=1S/C30H34N4O2/c1-4-21-7-9-22(10-8-21)23-11-12-24-25(29(35)33-27(24)17-23)18-26-19(2)28(20(3)32-26)30(36)31-13-16-34-14-5-6-15-34/h7-12,17-18,32H,4-6,13-16H2,1-3H3,(H,31,36)(H,33,35). The fourth-order valence-corrected chi connectivity index (χ4v) is 5.28. The molecule has 0 bridgehead atoms. The van der Waals surface area contributed by atoms with Gasteiger partial charge in [-0.05, 0) is 80.6 Å². The maximum Gasteiger partial charge on any atom is 0.256 e. The van der Waals surface area contributed by atoms with Crippen LogP contribution in [0.5, 0.6) is 0 Å². The summed E-state index contributed by atoms with van der Waals surface area (Å²) < 4.78 is 0. The number of carbonyl (C=O) groups is 2. The summed E-state index contributed by atoms with van der Waals surface area (Å²) in [7, 11) is 0. The summed E-state index contributed by atoms with van der Waals surface area (Å²) in [5.74, 6) is -0.202. The Labute approximate surface area is 212 Å². The molecule has 3 aromatic rings. The Hall–Kier alpha value is -3.64. The molecule has 0 aliphatic carbocycles. The lowest BCUT2D eigenvalue weighted by molar-refractivity contribution is -0.110. The lowest BCUT2D eigenvalue weighted by atomic mass is 9.98. The molecular formula is C30H34N4O2. The Morgan fingerprint density at radius 1 is 1.06 bits per heavy atom. The van der Waals surface area contributed by atoms with E-state index in [1.165, 1.54) is 18.4 Å². The van der Waals surface area contributed by atoms with Crippen molar-refractivity contribution in [2.24, 2.45) is 0 Å². The van der Waals surface area contributed by atoms with Crippen molar-refractivity contribution in [3.63, 3.8) is 0 Å². The number of aromatic amines is 1. The van der Waals surface area contributed by atoms with E-state index in [-0.39, 0.29) is 11.8 Å². The summed E-state index contributed by atoms with van der Waals surface area (Å²) in [6.07, 6.45) is 5.35. The van der Waals surface area contributed by atoms with Gasteiger partial charge < -0.3 is 20.5 Å². The van der Waals surface area contributed by atoms with Gasteiger partial charge in [0.05, 0.1) is 11.1 Å². The first kappa shape index (κ1) is 24.1. The topological polar surface area (TPSA) is 77.2 Å². The van der Waals surface area contributed by atoms with E-state index in [1.807, 2.05) is 32.1 Å². The number of carbonyl (C=O) groups excluding carboxylic acids is 2. The van der Waals surface area contributed by atoms with E-state index in [1.54, 1.807) is 0 Å². The van der Waals surface area contributed by atoms with Crippen molar-refractivity contribution in [1.82, 2.24) is 15.2 Å². The maximum absolute atomic E-state index is 12.9. The monoisotopic (exact) mass is 482 g/mol. The number of H-pyrrole nitrogens is 1. The molecule has 0 radical (unpaired) electrons. The quantitative estimate of drug-likeness (QED) is 0.406. The molecule has 2 aromatic carbocycles. The zero-order valence-electron chi connectivity index (χ0n) is 21.3. The Bertz CT molecular complexity index is 1330. The number of rotatable bonds is 7. The number of benzene rings is 2. The van der Waals surface area contributed by atoms with Crippen LogP contribution in [-0.2, 0) is 11.2 Å². The number of likely N-dealkylation sites (tertiary alicyclic amines) is 1. The van der Waals surface area contributed by atoms with Crippen LogP contribution in [0.1, 0.15) is 58.2 Å². The Balaban J connectivity index is 1.36. The second-order valence-corrected chi connectivity index (χ2v) is 9.79. The zero-order chi connectivity index (χ0) is 25.2. The fraction of sp³-hybridized carbons (Fsp3) is 0.333. The molecule has 5 rings (SSSR count). The first-order chi connectivity index (χ1) is 17.4. The molecule has 0 saturated carbocycles. The minimum absolute atomic E-state index is 0.0693. The molecule has 186 valence electrons. The number of anilines is 1. The van der Waals surface area contributed by atoms with Gasteiger partial charge >= 0.3 is 0 Å². The highest BCUT2D eigenvalue weighted by Crippen LogP contribution is 2.37. The van der Waals surface area contributed by atoms with Crippen LogP contribution in [0.2, 0.25) is 0 Å². The highest BCUT2D eigenvalue weighted by Gasteiger charge is 2.26. The number of hydrogen-bond donors (Lipinski definition) is 3. The molecular weight excluding hydrogens is 448 g/mol. The molecule has 0 spiro atoms. The van der Waals surface area contributed by atoms with Crippen molar-refractivity contribution in [3.05, 3.63) is 76.1 Å². The van der Waals surface area contributed by atoms with Gasteiger partial charge in [0.15, 0.2) is 0 Å². The van der Waals surface area contributed by atoms with E-state index < -0.39 is 0 Å². The molecule has 6 nitrogen and oxygen atoms in total. The van der Waals surface area contributed by atoms with Crippen LogP contribution < -0.4 is 10.6 Å². The second-order valence-electron chi connectivity index (χ2n) is 9.79. The largest absolute Gasteiger partial charge is 0.358 e. The van der Waals surface area contributed by atoms with Crippen molar-refractivity contribution in [2.75, 3.05) is 31.5 Å². The van der Waals surface area contributed by atoms with Gasteiger partial charge in [0, 0.05) is 35.7 Å². The molecule has 2 amide bonds. The van der Waals surface area contributed by atoms with Gasteiger partial charge in [-0.2, -0.15) is 0 Å². The van der Waals surface area contributed by atoms with E-state index >= 15 is 0 Å². The zero-order valence-corrected chi connectivity index (χ0v) is 21.3. The van der Waals surface area contributed by atoms with Crippen LogP contribution in [0.25, 0.3) is 22.8 Å². The number of nitrogens with one attached hydrogen (secondary N) is 3. The van der Waals surface area contributed by atoms with Gasteiger partial charge in [0.2, 0.25) is 0 Å². The average Bonchev–Trinajstić information content (AvgIpc) is 3.57. The lowest BCUT2D eigenvalue weighted by Crippen LogP contribution is -2.33. The molecule has 3 N–H and O–H groups in total. The number of nitrogens with zero attached hydrogens (tertiary/aromatic N) is 1. The summed E-state index contributed by atoms with van der Waals surface area (Å²) in [6.45, 7) is 9.74. The van der Waals surface area contributed by atoms with Crippen LogP contribution >= 0.6 is 0 Å². The summed E-state index contributed by atoms with van der Waals surface area (Å²) in [4.78, 5) is 31.5. The minimum atomic E-state index is -0.133. The average molecular weight is 483 g/mol. The van der Waals surface area contributed by atoms with E-state index in [2.05, 4.69) is 57.8 Å². The lowest BCUT2D eigenvalue weighted by Gasteiger charge is -2.14. The summed E-state index contributed by atoms with van der Waals surface area (Å²) in [5, 5.41) is 6.08. The predicted octanol–water partition coefficient (Wildman–Crippen LogP) is 5.18. The van der Waals surface area contributed by atoms with Crippen molar-refractivity contribution < 1.29 is 9.59 Å². The van der Waals surface area contributed by atoms with Crippen molar-refractivity contribution in [1.29, 1.82) is 0 Å². The van der Waals surface area contributed by atoms with Crippen LogP contribution in [0.4, 0.5) is 5.69 Å². The van der Waals surface area contributed by atoms with Gasteiger partial charge in [-0.25, -0.2) is 0 Å². The number of aryl methyl sites for hydroxylation is 2. The third kappa shape index (κ3) is 4.73. The van der Waals surface area contributed by atoms with Crippen LogP contribution in [0.3, 0.4) is 0 Å². The molecule has 1 aromatic heterocycles. The van der Waals surface area contributed by atoms with Gasteiger partial charge in [-0.15, -0.1) is 0 Å². The van der Waals surface area contributed by atoms with Gasteiger partial charge in [0.1, 0.15) is 0 Å². The van der Waals surface area contributed by atoms with E-state index in [0.717, 1.165) is 65.4 Å². The number of hydrogen-bond acceptors (Lipinski definition) is 3. The van der Waals surface area contributed by atoms with E-state index in [0.29, 0.717) is 17.7 Å². The summed E-state index contributed by atoms with van der Waals surface area (Å²) >= 11 is 0. The highest BCUT2D eigenvalue weighted by atomic mass is 16.2. The van der Waals surface area contributed by atoms with E-state index in [9.17, 15) is 9.59 Å². The van der Waals surface area contributed by atoms with Crippen LogP contribution in [0.15, 0.2) is 42.5 Å². The second kappa shape index (κ2) is 10.2. The number of aromatic nitrogens is 1. The van der Waals surface area contributed by atoms with E-state index in [4.69, 9.17) is 0 Å². The van der Waals surface area contributed by atoms with Crippen molar-refractivity contribution in [3.8, 4) is 11.1 Å². The summed E-state index contributed by atoms with van der Waals surface area (Å²) in [6, 6.07) is 14.6. The SMILES string of the molecule is CCc1ccc(-c2ccc3c(c2)NC(=O)C3=Cc2[nH]c(C)c(C(=O)NCCN3CCCC3)c2C)cc1. The van der Waals surface area contributed by atoms with Crippen molar-refractivity contribution in [2.45, 2.75) is 40.0 Å². The fourth-order valence-electron chi connectivity index (χ4n) is 5.28. The van der Waals surface area contributed by atoms with Gasteiger partial charge in [0.25, 0.3) is 11.8 Å². The number of amides is 2. The predicted molar refractivity (Wildman–Crippen MR) is 146 cm³/mol. The normalized spacial score (nSPS) is 16.4. The smallest absolute Gasteiger partial charge is 0.256 e. The summed E-state index contributed by atoms with van der Waals surface area (Å²) in [5.41, 5.74) is 8.88. The number of fused-ring (bicyclic) bond motifs is 1. The maximum atomic E-state index is 12.9. The Kier molecular flexibility index (Phi) is 6.79. The Morgan fingerprint density at radius 2 is 1.78 bits per heavy atom. The molecule has 1 saturated heterocycles. The molecule has 1 fully saturated rings. The van der Waals surface area contributed by atoms with Gasteiger partial charge in [-0.3, -0.25) is 9.59 Å². The third-order valence-corrected chi connectivity index (χ3v) is 7.40. The van der Waals surface area contributed by atoms with Crippen LogP contribution in [0, 0.1) is 13.8 Å². The van der Waals surface area contributed by atoms with Crippen molar-refractivity contribution >= 4 is 29.2 Å². The molecule has 3 heterocycles. The molecule has 0 atom stereocenters. The third-order valence-electron chi connectivity index (χ3n) is 7.40. The van der Waals surface area contributed by atoms with Crippen LogP contribution in [-0.4, -0.2) is 47.9 Å².